The Morgan fingerprint density at radius 1 is 1.25 bits per heavy atom. The third-order valence-corrected chi connectivity index (χ3v) is 4.35. The molecule has 0 aliphatic carbocycles. The smallest absolute Gasteiger partial charge is 0.420 e. The number of carbonyl (C=O) groups excluding carboxylic acids is 1. The van der Waals surface area contributed by atoms with Crippen molar-refractivity contribution in [3.8, 4) is 11.5 Å². The molecule has 1 N–H and O–H groups in total. The molecule has 1 aliphatic heterocycles. The SMILES string of the molecule is O=C(COc1ccc(CO)cc1)N1CC[C@H](Oc2cnccc2C(F)(F)F)C1. The molecule has 1 fully saturated rings. The van der Waals surface area contributed by atoms with E-state index in [0.717, 1.165) is 24.0 Å². The third kappa shape index (κ3) is 4.92. The van der Waals surface area contributed by atoms with Crippen molar-refractivity contribution in [2.45, 2.75) is 25.3 Å². The van der Waals surface area contributed by atoms with Gasteiger partial charge in [-0.2, -0.15) is 13.2 Å². The lowest BCUT2D eigenvalue weighted by molar-refractivity contribution is -0.139. The van der Waals surface area contributed by atoms with Crippen LogP contribution < -0.4 is 9.47 Å². The van der Waals surface area contributed by atoms with Gasteiger partial charge in [0.1, 0.15) is 23.2 Å². The van der Waals surface area contributed by atoms with Gasteiger partial charge in [0.2, 0.25) is 0 Å². The second-order valence-corrected chi connectivity index (χ2v) is 6.33. The summed E-state index contributed by atoms with van der Waals surface area (Å²) in [5.74, 6) is -0.128. The van der Waals surface area contributed by atoms with E-state index in [1.165, 1.54) is 4.90 Å². The molecule has 6 nitrogen and oxygen atoms in total. The number of aromatic nitrogens is 1. The van der Waals surface area contributed by atoms with Crippen molar-refractivity contribution in [2.75, 3.05) is 19.7 Å². The number of pyridine rings is 1. The van der Waals surface area contributed by atoms with Crippen LogP contribution in [0.2, 0.25) is 0 Å². The fraction of sp³-hybridized carbons (Fsp3) is 0.368. The minimum absolute atomic E-state index is 0.0820. The fourth-order valence-electron chi connectivity index (χ4n) is 2.87. The molecule has 150 valence electrons. The molecular weight excluding hydrogens is 377 g/mol. The number of alkyl halides is 3. The van der Waals surface area contributed by atoms with Gasteiger partial charge in [0.25, 0.3) is 5.91 Å². The predicted molar refractivity (Wildman–Crippen MR) is 92.7 cm³/mol. The van der Waals surface area contributed by atoms with E-state index in [4.69, 9.17) is 14.6 Å². The van der Waals surface area contributed by atoms with Gasteiger partial charge in [-0.25, -0.2) is 0 Å². The van der Waals surface area contributed by atoms with Crippen molar-refractivity contribution in [1.82, 2.24) is 9.88 Å². The summed E-state index contributed by atoms with van der Waals surface area (Å²) in [6, 6.07) is 7.53. The number of aliphatic hydroxyl groups is 1. The van der Waals surface area contributed by atoms with Gasteiger partial charge < -0.3 is 19.5 Å². The molecule has 0 saturated carbocycles. The van der Waals surface area contributed by atoms with Gasteiger partial charge in [-0.05, 0) is 23.8 Å². The van der Waals surface area contributed by atoms with Crippen LogP contribution >= 0.6 is 0 Å². The maximum atomic E-state index is 13.0. The largest absolute Gasteiger partial charge is 0.486 e. The Kier molecular flexibility index (Phi) is 6.03. The highest BCUT2D eigenvalue weighted by molar-refractivity contribution is 5.78. The zero-order valence-electron chi connectivity index (χ0n) is 14.9. The topological polar surface area (TPSA) is 71.9 Å². The summed E-state index contributed by atoms with van der Waals surface area (Å²) in [5.41, 5.74) is -0.159. The first kappa shape index (κ1) is 19.9. The molecule has 9 heteroatoms. The average Bonchev–Trinajstić information content (AvgIpc) is 3.14. The monoisotopic (exact) mass is 396 g/mol. The van der Waals surface area contributed by atoms with Crippen LogP contribution in [0.25, 0.3) is 0 Å². The Bertz CT molecular complexity index is 812. The quantitative estimate of drug-likeness (QED) is 0.813. The number of amides is 1. The van der Waals surface area contributed by atoms with Crippen LogP contribution in [-0.2, 0) is 17.6 Å². The molecule has 0 radical (unpaired) electrons. The van der Waals surface area contributed by atoms with Crippen molar-refractivity contribution in [3.05, 3.63) is 53.9 Å². The zero-order chi connectivity index (χ0) is 20.1. The van der Waals surface area contributed by atoms with E-state index in [2.05, 4.69) is 4.98 Å². The first-order valence-corrected chi connectivity index (χ1v) is 8.65. The molecule has 1 amide bonds. The van der Waals surface area contributed by atoms with Gasteiger partial charge in [-0.3, -0.25) is 9.78 Å². The molecule has 0 spiro atoms. The zero-order valence-corrected chi connectivity index (χ0v) is 14.9. The molecular formula is C19H19F3N2O4. The first-order valence-electron chi connectivity index (χ1n) is 8.65. The third-order valence-electron chi connectivity index (χ3n) is 4.35. The Morgan fingerprint density at radius 3 is 2.68 bits per heavy atom. The van der Waals surface area contributed by atoms with Crippen LogP contribution in [0.1, 0.15) is 17.5 Å². The molecule has 2 heterocycles. The van der Waals surface area contributed by atoms with Crippen LogP contribution in [0, 0.1) is 0 Å². The highest BCUT2D eigenvalue weighted by Crippen LogP contribution is 2.36. The van der Waals surface area contributed by atoms with Gasteiger partial charge in [-0.15, -0.1) is 0 Å². The van der Waals surface area contributed by atoms with Gasteiger partial charge in [-0.1, -0.05) is 12.1 Å². The van der Waals surface area contributed by atoms with Crippen molar-refractivity contribution < 1.29 is 32.5 Å². The van der Waals surface area contributed by atoms with E-state index >= 15 is 0 Å². The first-order chi connectivity index (χ1) is 13.4. The summed E-state index contributed by atoms with van der Waals surface area (Å²) < 4.78 is 50.0. The molecule has 1 aliphatic rings. The van der Waals surface area contributed by atoms with Crippen LogP contribution in [0.5, 0.6) is 11.5 Å². The van der Waals surface area contributed by atoms with E-state index in [1.54, 1.807) is 24.3 Å². The Balaban J connectivity index is 1.53. The fourth-order valence-corrected chi connectivity index (χ4v) is 2.87. The summed E-state index contributed by atoms with van der Waals surface area (Å²) in [5, 5.41) is 9.00. The standard InChI is InChI=1S/C19H19F3N2O4/c20-19(21,22)16-5-7-23-9-17(16)28-15-6-8-24(10-15)18(26)12-27-14-3-1-13(11-25)2-4-14/h1-5,7,9,15,25H,6,8,10-12H2/t15-/m0/s1. The molecule has 1 aromatic carbocycles. The number of hydrogen-bond acceptors (Lipinski definition) is 5. The Morgan fingerprint density at radius 2 is 2.00 bits per heavy atom. The van der Waals surface area contributed by atoms with Gasteiger partial charge in [0.05, 0.1) is 19.3 Å². The lowest BCUT2D eigenvalue weighted by Crippen LogP contribution is -2.34. The van der Waals surface area contributed by atoms with Gasteiger partial charge >= 0.3 is 6.18 Å². The van der Waals surface area contributed by atoms with Crippen LogP contribution in [0.15, 0.2) is 42.7 Å². The van der Waals surface area contributed by atoms with Crippen molar-refractivity contribution in [2.24, 2.45) is 0 Å². The number of aliphatic hydroxyl groups excluding tert-OH is 1. The molecule has 1 atom stereocenters. The number of likely N-dealkylation sites (tertiary alicyclic amines) is 1. The molecule has 1 saturated heterocycles. The highest BCUT2D eigenvalue weighted by Gasteiger charge is 2.36. The maximum absolute atomic E-state index is 13.0. The van der Waals surface area contributed by atoms with E-state index in [-0.39, 0.29) is 31.4 Å². The Hall–Kier alpha value is -2.81. The molecule has 1 aromatic heterocycles. The summed E-state index contributed by atoms with van der Waals surface area (Å²) in [7, 11) is 0. The normalized spacial score (nSPS) is 16.9. The molecule has 0 bridgehead atoms. The lowest BCUT2D eigenvalue weighted by Gasteiger charge is -2.19. The predicted octanol–water partition coefficient (Wildman–Crippen LogP) is 2.65. The number of nitrogens with zero attached hydrogens (tertiary/aromatic N) is 2. The van der Waals surface area contributed by atoms with Gasteiger partial charge in [0.15, 0.2) is 6.61 Å². The number of benzene rings is 1. The van der Waals surface area contributed by atoms with E-state index < -0.39 is 17.8 Å². The lowest BCUT2D eigenvalue weighted by atomic mass is 10.2. The minimum Gasteiger partial charge on any atom is -0.486 e. The maximum Gasteiger partial charge on any atom is 0.420 e. The number of halogens is 3. The summed E-state index contributed by atoms with van der Waals surface area (Å²) in [6.45, 7) is 0.281. The number of ether oxygens (including phenoxy) is 2. The second-order valence-electron chi connectivity index (χ2n) is 6.33. The van der Waals surface area contributed by atoms with E-state index in [1.807, 2.05) is 0 Å². The summed E-state index contributed by atoms with van der Waals surface area (Å²) >= 11 is 0. The van der Waals surface area contributed by atoms with Crippen LogP contribution in [0.3, 0.4) is 0 Å². The average molecular weight is 396 g/mol. The number of hydrogen-bond donors (Lipinski definition) is 1. The number of carbonyl (C=O) groups is 1. The van der Waals surface area contributed by atoms with Crippen molar-refractivity contribution >= 4 is 5.91 Å². The van der Waals surface area contributed by atoms with Crippen LogP contribution in [-0.4, -0.2) is 46.7 Å². The summed E-state index contributed by atoms with van der Waals surface area (Å²) in [4.78, 5) is 17.5. The van der Waals surface area contributed by atoms with Crippen molar-refractivity contribution in [1.29, 1.82) is 0 Å². The molecule has 3 rings (SSSR count). The molecule has 0 unspecified atom stereocenters. The Labute approximate surface area is 159 Å². The van der Waals surface area contributed by atoms with Gasteiger partial charge in [0, 0.05) is 19.2 Å². The van der Waals surface area contributed by atoms with Crippen molar-refractivity contribution in [3.63, 3.8) is 0 Å². The minimum atomic E-state index is -4.54. The second kappa shape index (κ2) is 8.47. The van der Waals surface area contributed by atoms with E-state index in [0.29, 0.717) is 18.7 Å². The number of rotatable bonds is 6. The summed E-state index contributed by atoms with van der Waals surface area (Å²) in [6.07, 6.45) is -2.57. The molecule has 28 heavy (non-hydrogen) atoms. The molecule has 2 aromatic rings. The van der Waals surface area contributed by atoms with E-state index in [9.17, 15) is 18.0 Å². The van der Waals surface area contributed by atoms with Crippen LogP contribution in [0.4, 0.5) is 13.2 Å². The highest BCUT2D eigenvalue weighted by atomic mass is 19.4.